The lowest BCUT2D eigenvalue weighted by molar-refractivity contribution is -0.144. The Morgan fingerprint density at radius 1 is 1.27 bits per heavy atom. The summed E-state index contributed by atoms with van der Waals surface area (Å²) in [6, 6.07) is 7.70. The van der Waals surface area contributed by atoms with Crippen LogP contribution in [0.2, 0.25) is 0 Å². The van der Waals surface area contributed by atoms with Crippen molar-refractivity contribution in [2.75, 3.05) is 26.2 Å². The molecule has 7 heteroatoms. The van der Waals surface area contributed by atoms with Gasteiger partial charge in [0.05, 0.1) is 12.6 Å². The highest BCUT2D eigenvalue weighted by Gasteiger charge is 2.33. The predicted octanol–water partition coefficient (Wildman–Crippen LogP) is 4.29. The molecule has 162 valence electrons. The number of ether oxygens (including phenoxy) is 1. The average molecular weight is 433 g/mol. The largest absolute Gasteiger partial charge is 0.491 e. The van der Waals surface area contributed by atoms with Crippen molar-refractivity contribution >= 4 is 23.2 Å². The van der Waals surface area contributed by atoms with Crippen LogP contribution in [0.3, 0.4) is 0 Å². The van der Waals surface area contributed by atoms with E-state index in [2.05, 4.69) is 0 Å². The van der Waals surface area contributed by atoms with Crippen LogP contribution in [0.5, 0.6) is 5.75 Å². The van der Waals surface area contributed by atoms with Crippen LogP contribution < -0.4 is 4.74 Å². The number of nitrogens with zero attached hydrogens (tertiary/aromatic N) is 2. The van der Waals surface area contributed by atoms with Crippen molar-refractivity contribution in [3.63, 3.8) is 0 Å². The van der Waals surface area contributed by atoms with Crippen molar-refractivity contribution in [2.45, 2.75) is 39.7 Å². The number of amides is 2. The smallest absolute Gasteiger partial charge is 0.242 e. The van der Waals surface area contributed by atoms with Gasteiger partial charge in [0.25, 0.3) is 0 Å². The molecule has 0 spiro atoms. The molecule has 0 aliphatic carbocycles. The van der Waals surface area contributed by atoms with Crippen LogP contribution in [0.25, 0.3) is 0 Å². The Hall–Kier alpha value is -2.41. The van der Waals surface area contributed by atoms with E-state index < -0.39 is 0 Å². The molecule has 2 aromatic rings. The van der Waals surface area contributed by atoms with Crippen LogP contribution in [-0.4, -0.2) is 47.9 Å². The van der Waals surface area contributed by atoms with E-state index in [1.165, 1.54) is 17.0 Å². The summed E-state index contributed by atoms with van der Waals surface area (Å²) >= 11 is 1.69. The van der Waals surface area contributed by atoms with Crippen molar-refractivity contribution in [1.29, 1.82) is 0 Å². The van der Waals surface area contributed by atoms with E-state index in [4.69, 9.17) is 4.74 Å². The monoisotopic (exact) mass is 432 g/mol. The van der Waals surface area contributed by atoms with Gasteiger partial charge in [-0.05, 0) is 54.1 Å². The molecular formula is C23H29FN2O3S. The molecule has 3 rings (SSSR count). The molecule has 2 heterocycles. The summed E-state index contributed by atoms with van der Waals surface area (Å²) in [6.45, 7) is 7.24. The van der Waals surface area contributed by atoms with Gasteiger partial charge in [-0.2, -0.15) is 0 Å². The minimum Gasteiger partial charge on any atom is -0.491 e. The SMILES string of the molecule is CCCN(CC(=O)N1CCc2sccc2[C@@H]1COc1ccc(F)cc1)C(=O)C(C)C. The quantitative estimate of drug-likeness (QED) is 0.625. The number of fused-ring (bicyclic) bond motifs is 1. The zero-order valence-electron chi connectivity index (χ0n) is 17.8. The van der Waals surface area contributed by atoms with Gasteiger partial charge >= 0.3 is 0 Å². The first kappa shape index (κ1) is 22.3. The number of carbonyl (C=O) groups is 2. The Balaban J connectivity index is 1.76. The highest BCUT2D eigenvalue weighted by Crippen LogP contribution is 2.34. The van der Waals surface area contributed by atoms with Crippen molar-refractivity contribution in [2.24, 2.45) is 5.92 Å². The Labute approximate surface area is 181 Å². The van der Waals surface area contributed by atoms with Crippen molar-refractivity contribution in [3.05, 3.63) is 52.0 Å². The van der Waals surface area contributed by atoms with Gasteiger partial charge in [-0.25, -0.2) is 4.39 Å². The normalized spacial score (nSPS) is 15.8. The molecule has 1 aromatic heterocycles. The Morgan fingerprint density at radius 3 is 2.67 bits per heavy atom. The van der Waals surface area contributed by atoms with Crippen LogP contribution >= 0.6 is 11.3 Å². The first-order valence-corrected chi connectivity index (χ1v) is 11.3. The Bertz CT molecular complexity index is 866. The van der Waals surface area contributed by atoms with Crippen molar-refractivity contribution in [3.8, 4) is 5.75 Å². The number of hydrogen-bond acceptors (Lipinski definition) is 4. The lowest BCUT2D eigenvalue weighted by Gasteiger charge is -2.37. The van der Waals surface area contributed by atoms with Gasteiger partial charge in [-0.15, -0.1) is 11.3 Å². The second-order valence-corrected chi connectivity index (χ2v) is 8.83. The minimum absolute atomic E-state index is 0.00227. The number of thiophene rings is 1. The highest BCUT2D eigenvalue weighted by atomic mass is 32.1. The number of carbonyl (C=O) groups excluding carboxylic acids is 2. The van der Waals surface area contributed by atoms with E-state index in [0.29, 0.717) is 18.8 Å². The summed E-state index contributed by atoms with van der Waals surface area (Å²) < 4.78 is 19.1. The van der Waals surface area contributed by atoms with E-state index in [1.54, 1.807) is 28.4 Å². The third kappa shape index (κ3) is 5.19. The van der Waals surface area contributed by atoms with Gasteiger partial charge in [0.1, 0.15) is 18.2 Å². The third-order valence-corrected chi connectivity index (χ3v) is 6.26. The summed E-state index contributed by atoms with van der Waals surface area (Å²) in [6.07, 6.45) is 1.61. The van der Waals surface area contributed by atoms with E-state index >= 15 is 0 Å². The fraction of sp³-hybridized carbons (Fsp3) is 0.478. The van der Waals surface area contributed by atoms with Gasteiger partial charge in [0.15, 0.2) is 0 Å². The maximum Gasteiger partial charge on any atom is 0.242 e. The van der Waals surface area contributed by atoms with Gasteiger partial charge < -0.3 is 14.5 Å². The maximum atomic E-state index is 13.2. The van der Waals surface area contributed by atoms with Crippen LogP contribution in [0.4, 0.5) is 4.39 Å². The van der Waals surface area contributed by atoms with Crippen LogP contribution in [-0.2, 0) is 16.0 Å². The molecule has 0 bridgehead atoms. The second kappa shape index (κ2) is 10.1. The lowest BCUT2D eigenvalue weighted by Crippen LogP contribution is -2.48. The summed E-state index contributed by atoms with van der Waals surface area (Å²) in [5.41, 5.74) is 1.10. The van der Waals surface area contributed by atoms with Crippen LogP contribution in [0.1, 0.15) is 43.7 Å². The summed E-state index contributed by atoms with van der Waals surface area (Å²) in [7, 11) is 0. The van der Waals surface area contributed by atoms with Gasteiger partial charge in [-0.1, -0.05) is 20.8 Å². The first-order valence-electron chi connectivity index (χ1n) is 10.4. The van der Waals surface area contributed by atoms with Gasteiger partial charge in [0, 0.05) is 23.9 Å². The summed E-state index contributed by atoms with van der Waals surface area (Å²) in [5.74, 6) is 0.0304. The molecule has 0 saturated heterocycles. The molecule has 2 amide bonds. The lowest BCUT2D eigenvalue weighted by atomic mass is 10.00. The molecule has 1 aromatic carbocycles. The van der Waals surface area contributed by atoms with Crippen molar-refractivity contribution < 1.29 is 18.7 Å². The fourth-order valence-corrected chi connectivity index (χ4v) is 4.67. The molecule has 1 aliphatic rings. The third-order valence-electron chi connectivity index (χ3n) is 5.26. The molecule has 0 unspecified atom stereocenters. The molecule has 0 N–H and O–H groups in total. The molecule has 1 atom stereocenters. The zero-order valence-corrected chi connectivity index (χ0v) is 18.6. The molecular weight excluding hydrogens is 403 g/mol. The van der Waals surface area contributed by atoms with Crippen LogP contribution in [0.15, 0.2) is 35.7 Å². The van der Waals surface area contributed by atoms with Crippen LogP contribution in [0, 0.1) is 11.7 Å². The van der Waals surface area contributed by atoms with Gasteiger partial charge in [0.2, 0.25) is 11.8 Å². The average Bonchev–Trinajstić information content (AvgIpc) is 3.21. The zero-order chi connectivity index (χ0) is 21.7. The van der Waals surface area contributed by atoms with Crippen molar-refractivity contribution in [1.82, 2.24) is 9.80 Å². The molecule has 5 nitrogen and oxygen atoms in total. The topological polar surface area (TPSA) is 49.9 Å². The summed E-state index contributed by atoms with van der Waals surface area (Å²) in [4.78, 5) is 30.5. The van der Waals surface area contributed by atoms with E-state index in [0.717, 1.165) is 18.4 Å². The van der Waals surface area contributed by atoms with E-state index in [9.17, 15) is 14.0 Å². The minimum atomic E-state index is -0.317. The number of benzene rings is 1. The van der Waals surface area contributed by atoms with E-state index in [1.807, 2.05) is 37.1 Å². The van der Waals surface area contributed by atoms with E-state index in [-0.39, 0.29) is 42.7 Å². The molecule has 30 heavy (non-hydrogen) atoms. The number of hydrogen-bond donors (Lipinski definition) is 0. The first-order chi connectivity index (χ1) is 14.4. The van der Waals surface area contributed by atoms with Gasteiger partial charge in [-0.3, -0.25) is 9.59 Å². The second-order valence-electron chi connectivity index (χ2n) is 7.83. The standard InChI is InChI=1S/C23H29FN2O3S/c1-4-11-25(23(28)16(2)3)14-22(27)26-12-9-21-19(10-13-30-21)20(26)15-29-18-7-5-17(24)6-8-18/h5-8,10,13,16,20H,4,9,11-12,14-15H2,1-3H3/t20-/m0/s1. The summed E-state index contributed by atoms with van der Waals surface area (Å²) in [5, 5.41) is 2.04. The highest BCUT2D eigenvalue weighted by molar-refractivity contribution is 7.10. The Kier molecular flexibility index (Phi) is 7.48. The molecule has 0 saturated carbocycles. The number of rotatable bonds is 8. The molecule has 1 aliphatic heterocycles. The number of halogens is 1. The predicted molar refractivity (Wildman–Crippen MR) is 116 cm³/mol. The molecule has 0 radical (unpaired) electrons. The maximum absolute atomic E-state index is 13.2. The Morgan fingerprint density at radius 2 is 2.00 bits per heavy atom. The molecule has 0 fully saturated rings. The fourth-order valence-electron chi connectivity index (χ4n) is 3.74.